The molecule has 3 rings (SSSR count). The fourth-order valence-corrected chi connectivity index (χ4v) is 3.97. The van der Waals surface area contributed by atoms with Gasteiger partial charge in [-0.3, -0.25) is 4.90 Å². The van der Waals surface area contributed by atoms with E-state index in [0.717, 1.165) is 40.9 Å². The van der Waals surface area contributed by atoms with Gasteiger partial charge in [0.2, 0.25) is 0 Å². The number of nitrogens with zero attached hydrogens (tertiary/aromatic N) is 2. The lowest BCUT2D eigenvalue weighted by molar-refractivity contribution is 0.259. The van der Waals surface area contributed by atoms with Crippen molar-refractivity contribution in [1.29, 1.82) is 0 Å². The van der Waals surface area contributed by atoms with Crippen LogP contribution in [0.4, 0.5) is 0 Å². The average Bonchev–Trinajstić information content (AvgIpc) is 3.17. The number of rotatable bonds is 6. The minimum absolute atomic E-state index is 0.694. The highest BCUT2D eigenvalue weighted by Gasteiger charge is 2.22. The zero-order valence-corrected chi connectivity index (χ0v) is 14.5. The van der Waals surface area contributed by atoms with E-state index in [1.165, 1.54) is 19.4 Å². The highest BCUT2D eigenvalue weighted by atomic mass is 35.5. The lowest BCUT2D eigenvalue weighted by atomic mass is 10.2. The number of halogens is 1. The number of likely N-dealkylation sites (N-methyl/N-ethyl adjacent to an activating group) is 1. The summed E-state index contributed by atoms with van der Waals surface area (Å²) in [6.07, 6.45) is 2.64. The van der Waals surface area contributed by atoms with E-state index in [-0.39, 0.29) is 0 Å². The summed E-state index contributed by atoms with van der Waals surface area (Å²) in [5, 5.41) is 7.53. The van der Waals surface area contributed by atoms with Gasteiger partial charge < -0.3 is 5.32 Å². The first-order valence-corrected chi connectivity index (χ1v) is 9.17. The molecule has 1 aliphatic heterocycles. The summed E-state index contributed by atoms with van der Waals surface area (Å²) >= 11 is 7.62. The molecule has 1 fully saturated rings. The molecule has 0 aliphatic carbocycles. The molecule has 1 N–H and O–H groups in total. The van der Waals surface area contributed by atoms with Crippen LogP contribution in [-0.2, 0) is 6.54 Å². The third-order valence-electron chi connectivity index (χ3n) is 4.23. The molecule has 2 heterocycles. The summed E-state index contributed by atoms with van der Waals surface area (Å²) in [4.78, 5) is 7.28. The van der Waals surface area contributed by atoms with Gasteiger partial charge in [-0.2, -0.15) is 0 Å². The lowest BCUT2D eigenvalue weighted by Crippen LogP contribution is -2.37. The molecule has 3 nitrogen and oxygen atoms in total. The molecule has 1 aromatic heterocycles. The summed E-state index contributed by atoms with van der Waals surface area (Å²) in [7, 11) is 0. The van der Waals surface area contributed by atoms with E-state index >= 15 is 0 Å². The fourth-order valence-electron chi connectivity index (χ4n) is 3.02. The van der Waals surface area contributed by atoms with Crippen LogP contribution in [0.5, 0.6) is 0 Å². The van der Waals surface area contributed by atoms with Crippen LogP contribution in [0, 0.1) is 0 Å². The minimum Gasteiger partial charge on any atom is -0.310 e. The van der Waals surface area contributed by atoms with Crippen molar-refractivity contribution in [3.05, 3.63) is 40.4 Å². The maximum atomic E-state index is 5.93. The molecule has 0 bridgehead atoms. The second kappa shape index (κ2) is 7.55. The Kier molecular flexibility index (Phi) is 5.47. The highest BCUT2D eigenvalue weighted by molar-refractivity contribution is 7.13. The average molecular weight is 336 g/mol. The Morgan fingerprint density at radius 2 is 2.18 bits per heavy atom. The van der Waals surface area contributed by atoms with Crippen molar-refractivity contribution in [2.45, 2.75) is 32.4 Å². The first-order valence-electron chi connectivity index (χ1n) is 7.91. The quantitative estimate of drug-likeness (QED) is 0.863. The summed E-state index contributed by atoms with van der Waals surface area (Å²) in [5.74, 6) is 0. The zero-order valence-electron chi connectivity index (χ0n) is 12.9. The van der Waals surface area contributed by atoms with Gasteiger partial charge in [0.15, 0.2) is 0 Å². The Hall–Kier alpha value is -0.940. The first-order chi connectivity index (χ1) is 10.8. The molecular weight excluding hydrogens is 314 g/mol. The van der Waals surface area contributed by atoms with Gasteiger partial charge in [0.25, 0.3) is 0 Å². The van der Waals surface area contributed by atoms with E-state index in [2.05, 4.69) is 22.5 Å². The van der Waals surface area contributed by atoms with Crippen LogP contribution in [0.15, 0.2) is 29.6 Å². The normalized spacial score (nSPS) is 18.9. The molecule has 5 heteroatoms. The molecule has 0 amide bonds. The van der Waals surface area contributed by atoms with Crippen LogP contribution in [0.3, 0.4) is 0 Å². The molecule has 0 unspecified atom stereocenters. The van der Waals surface area contributed by atoms with Gasteiger partial charge in [0, 0.05) is 35.1 Å². The minimum atomic E-state index is 0.694. The maximum Gasteiger partial charge on any atom is 0.123 e. The number of hydrogen-bond acceptors (Lipinski definition) is 4. The van der Waals surface area contributed by atoms with Crippen molar-refractivity contribution < 1.29 is 0 Å². The van der Waals surface area contributed by atoms with Crippen LogP contribution >= 0.6 is 22.9 Å². The van der Waals surface area contributed by atoms with Crippen molar-refractivity contribution in [2.75, 3.05) is 19.6 Å². The first kappa shape index (κ1) is 15.9. The van der Waals surface area contributed by atoms with E-state index < -0.39 is 0 Å². The van der Waals surface area contributed by atoms with Gasteiger partial charge in [0.1, 0.15) is 5.01 Å². The van der Waals surface area contributed by atoms with Crippen LogP contribution < -0.4 is 5.32 Å². The third kappa shape index (κ3) is 3.87. The molecule has 1 aliphatic rings. The van der Waals surface area contributed by atoms with Crippen molar-refractivity contribution in [2.24, 2.45) is 0 Å². The number of nitrogens with one attached hydrogen (secondary N) is 1. The van der Waals surface area contributed by atoms with Gasteiger partial charge in [-0.05, 0) is 38.1 Å². The third-order valence-corrected chi connectivity index (χ3v) is 5.43. The molecule has 0 spiro atoms. The van der Waals surface area contributed by atoms with Gasteiger partial charge in [-0.25, -0.2) is 4.98 Å². The molecule has 22 heavy (non-hydrogen) atoms. The molecule has 1 atom stereocenters. The summed E-state index contributed by atoms with van der Waals surface area (Å²) in [6.45, 7) is 6.56. The van der Waals surface area contributed by atoms with Crippen LogP contribution in [0.1, 0.15) is 25.5 Å². The molecule has 0 radical (unpaired) electrons. The lowest BCUT2D eigenvalue weighted by Gasteiger charge is -2.22. The number of aromatic nitrogens is 1. The number of benzene rings is 1. The Morgan fingerprint density at radius 3 is 2.95 bits per heavy atom. The Bertz CT molecular complexity index is 596. The smallest absolute Gasteiger partial charge is 0.123 e. The van der Waals surface area contributed by atoms with Crippen LogP contribution in [-0.4, -0.2) is 35.6 Å². The molecule has 1 aromatic carbocycles. The van der Waals surface area contributed by atoms with Crippen molar-refractivity contribution in [1.82, 2.24) is 15.2 Å². The van der Waals surface area contributed by atoms with Gasteiger partial charge in [-0.1, -0.05) is 30.7 Å². The van der Waals surface area contributed by atoms with Crippen LogP contribution in [0.2, 0.25) is 5.02 Å². The van der Waals surface area contributed by atoms with Crippen molar-refractivity contribution in [3.8, 4) is 10.6 Å². The zero-order chi connectivity index (χ0) is 15.4. The van der Waals surface area contributed by atoms with Crippen molar-refractivity contribution >= 4 is 22.9 Å². The van der Waals surface area contributed by atoms with Gasteiger partial charge in [0.05, 0.1) is 5.69 Å². The Labute approximate surface area is 141 Å². The standard InChI is InChI=1S/C17H22ClN3S/c1-2-21-9-3-4-16(21)11-19-10-15-12-22-17(20-15)13-5-7-14(18)8-6-13/h5-8,12,16,19H,2-4,9-11H2,1H3/t16-/m1/s1. The van der Waals surface area contributed by atoms with E-state index in [4.69, 9.17) is 16.6 Å². The van der Waals surface area contributed by atoms with Gasteiger partial charge in [-0.15, -0.1) is 11.3 Å². The molecular formula is C17H22ClN3S. The van der Waals surface area contributed by atoms with E-state index in [9.17, 15) is 0 Å². The maximum absolute atomic E-state index is 5.93. The molecule has 2 aromatic rings. The van der Waals surface area contributed by atoms with Gasteiger partial charge >= 0.3 is 0 Å². The van der Waals surface area contributed by atoms with E-state index in [0.29, 0.717) is 6.04 Å². The second-order valence-electron chi connectivity index (χ2n) is 5.71. The van der Waals surface area contributed by atoms with Crippen LogP contribution in [0.25, 0.3) is 10.6 Å². The summed E-state index contributed by atoms with van der Waals surface area (Å²) in [5.41, 5.74) is 2.25. The molecule has 0 saturated carbocycles. The summed E-state index contributed by atoms with van der Waals surface area (Å²) in [6, 6.07) is 8.57. The monoisotopic (exact) mass is 335 g/mol. The SMILES string of the molecule is CCN1CCC[C@@H]1CNCc1csc(-c2ccc(Cl)cc2)n1. The molecule has 1 saturated heterocycles. The largest absolute Gasteiger partial charge is 0.310 e. The number of hydrogen-bond donors (Lipinski definition) is 1. The number of likely N-dealkylation sites (tertiary alicyclic amines) is 1. The Morgan fingerprint density at radius 1 is 1.36 bits per heavy atom. The second-order valence-corrected chi connectivity index (χ2v) is 7.00. The topological polar surface area (TPSA) is 28.2 Å². The summed E-state index contributed by atoms with van der Waals surface area (Å²) < 4.78 is 0. The Balaban J connectivity index is 1.52. The number of thiazole rings is 1. The van der Waals surface area contributed by atoms with Crippen molar-refractivity contribution in [3.63, 3.8) is 0 Å². The van der Waals surface area contributed by atoms with E-state index in [1.54, 1.807) is 11.3 Å². The van der Waals surface area contributed by atoms with E-state index in [1.807, 2.05) is 24.3 Å². The predicted molar refractivity (Wildman–Crippen MR) is 94.5 cm³/mol. The predicted octanol–water partition coefficient (Wildman–Crippen LogP) is 4.04. The molecule has 118 valence electrons. The highest BCUT2D eigenvalue weighted by Crippen LogP contribution is 2.25. The fraction of sp³-hybridized carbons (Fsp3) is 0.471.